The summed E-state index contributed by atoms with van der Waals surface area (Å²) in [4.78, 5) is 26.9. The summed E-state index contributed by atoms with van der Waals surface area (Å²) in [6, 6.07) is 13.0. The molecule has 4 rings (SSSR count). The summed E-state index contributed by atoms with van der Waals surface area (Å²) in [7, 11) is 0. The minimum atomic E-state index is -0.397. The number of benzene rings is 2. The molecule has 1 aromatic heterocycles. The van der Waals surface area contributed by atoms with Crippen molar-refractivity contribution in [2.75, 3.05) is 10.6 Å². The van der Waals surface area contributed by atoms with Crippen molar-refractivity contribution in [2.45, 2.75) is 32.6 Å². The van der Waals surface area contributed by atoms with Gasteiger partial charge in [0.15, 0.2) is 0 Å². The van der Waals surface area contributed by atoms with Gasteiger partial charge in [0.25, 0.3) is 11.8 Å². The number of amides is 2. The molecule has 148 valence electrons. The van der Waals surface area contributed by atoms with E-state index in [0.29, 0.717) is 21.8 Å². The van der Waals surface area contributed by atoms with Gasteiger partial charge < -0.3 is 10.6 Å². The molecule has 1 aliphatic carbocycles. The van der Waals surface area contributed by atoms with E-state index in [0.717, 1.165) is 41.7 Å². The third kappa shape index (κ3) is 4.22. The monoisotopic (exact) mass is 408 g/mol. The average Bonchev–Trinajstić information content (AvgIpc) is 3.08. The third-order valence-electron chi connectivity index (χ3n) is 5.04. The molecule has 2 aromatic carbocycles. The van der Waals surface area contributed by atoms with E-state index in [4.69, 9.17) is 0 Å². The van der Waals surface area contributed by atoms with Crippen LogP contribution in [-0.4, -0.2) is 11.8 Å². The van der Waals surface area contributed by atoms with Gasteiger partial charge in [-0.1, -0.05) is 17.7 Å². The van der Waals surface area contributed by atoms with Crippen molar-refractivity contribution in [2.24, 2.45) is 0 Å². The molecule has 4 nitrogen and oxygen atoms in total. The number of rotatable bonds is 4. The predicted molar refractivity (Wildman–Crippen MR) is 114 cm³/mol. The summed E-state index contributed by atoms with van der Waals surface area (Å²) in [6.45, 7) is 1.99. The molecule has 0 spiro atoms. The van der Waals surface area contributed by atoms with Gasteiger partial charge in [-0.3, -0.25) is 9.59 Å². The summed E-state index contributed by atoms with van der Waals surface area (Å²) in [5.41, 5.74) is 3.75. The van der Waals surface area contributed by atoms with E-state index < -0.39 is 5.82 Å². The number of carbonyl (C=O) groups is 2. The summed E-state index contributed by atoms with van der Waals surface area (Å²) in [6.07, 6.45) is 3.85. The fraction of sp³-hybridized carbons (Fsp3) is 0.217. The first-order valence-corrected chi connectivity index (χ1v) is 10.4. The van der Waals surface area contributed by atoms with Gasteiger partial charge in [0.1, 0.15) is 10.8 Å². The molecule has 0 fully saturated rings. The number of nitrogens with one attached hydrogen (secondary N) is 2. The van der Waals surface area contributed by atoms with Crippen molar-refractivity contribution in [3.63, 3.8) is 0 Å². The van der Waals surface area contributed by atoms with E-state index in [1.165, 1.54) is 35.6 Å². The second-order valence-electron chi connectivity index (χ2n) is 7.20. The van der Waals surface area contributed by atoms with Crippen LogP contribution in [0.15, 0.2) is 48.5 Å². The highest BCUT2D eigenvalue weighted by atomic mass is 32.1. The van der Waals surface area contributed by atoms with E-state index in [9.17, 15) is 14.0 Å². The van der Waals surface area contributed by atoms with Gasteiger partial charge in [-0.2, -0.15) is 0 Å². The van der Waals surface area contributed by atoms with Crippen LogP contribution < -0.4 is 10.6 Å². The summed E-state index contributed by atoms with van der Waals surface area (Å²) < 4.78 is 13.2. The predicted octanol–water partition coefficient (Wildman–Crippen LogP) is 5.58. The molecule has 0 bridgehead atoms. The highest BCUT2D eigenvalue weighted by molar-refractivity contribution is 7.17. The van der Waals surface area contributed by atoms with E-state index in [1.54, 1.807) is 0 Å². The Morgan fingerprint density at radius 1 is 0.897 bits per heavy atom. The van der Waals surface area contributed by atoms with Crippen molar-refractivity contribution < 1.29 is 14.0 Å². The van der Waals surface area contributed by atoms with Crippen LogP contribution in [0.4, 0.5) is 15.1 Å². The maximum Gasteiger partial charge on any atom is 0.258 e. The molecule has 29 heavy (non-hydrogen) atoms. The van der Waals surface area contributed by atoms with Gasteiger partial charge in [-0.05, 0) is 74.6 Å². The number of hydrogen-bond acceptors (Lipinski definition) is 3. The zero-order chi connectivity index (χ0) is 20.4. The normalized spacial score (nSPS) is 12.9. The highest BCUT2D eigenvalue weighted by Gasteiger charge is 2.26. The molecular weight excluding hydrogens is 387 g/mol. The molecule has 0 aliphatic heterocycles. The number of thiophene rings is 1. The number of carbonyl (C=O) groups excluding carboxylic acids is 2. The molecule has 3 aromatic rings. The molecule has 0 radical (unpaired) electrons. The standard InChI is InChI=1S/C23H21FN2O2S/c1-14-6-12-17(13-7-14)25-22(28)20-18-4-2-3-5-19(18)29-23(20)26-21(27)15-8-10-16(24)11-9-15/h6-13H,2-5H2,1H3,(H,25,28)(H,26,27). The van der Waals surface area contributed by atoms with Crippen molar-refractivity contribution in [1.82, 2.24) is 0 Å². The molecule has 1 aliphatic rings. The van der Waals surface area contributed by atoms with Crippen LogP contribution in [-0.2, 0) is 12.8 Å². The fourth-order valence-corrected chi connectivity index (χ4v) is 4.78. The second kappa shape index (κ2) is 8.17. The SMILES string of the molecule is Cc1ccc(NC(=O)c2c(NC(=O)c3ccc(F)cc3)sc3c2CCCC3)cc1. The Hall–Kier alpha value is -2.99. The Bertz CT molecular complexity index is 1060. The molecule has 0 saturated carbocycles. The Labute approximate surface area is 172 Å². The van der Waals surface area contributed by atoms with Gasteiger partial charge >= 0.3 is 0 Å². The van der Waals surface area contributed by atoms with Gasteiger partial charge in [-0.15, -0.1) is 11.3 Å². The lowest BCUT2D eigenvalue weighted by Crippen LogP contribution is -2.18. The van der Waals surface area contributed by atoms with E-state index >= 15 is 0 Å². The second-order valence-corrected chi connectivity index (χ2v) is 8.30. The van der Waals surface area contributed by atoms with E-state index in [-0.39, 0.29) is 11.8 Å². The fourth-order valence-electron chi connectivity index (χ4n) is 3.50. The van der Waals surface area contributed by atoms with Crippen LogP contribution in [0.2, 0.25) is 0 Å². The van der Waals surface area contributed by atoms with E-state index in [1.807, 2.05) is 31.2 Å². The van der Waals surface area contributed by atoms with Crippen LogP contribution in [0, 0.1) is 12.7 Å². The van der Waals surface area contributed by atoms with Gasteiger partial charge in [0.05, 0.1) is 5.56 Å². The zero-order valence-corrected chi connectivity index (χ0v) is 16.9. The summed E-state index contributed by atoms with van der Waals surface area (Å²) in [5, 5.41) is 6.38. The lowest BCUT2D eigenvalue weighted by molar-refractivity contribution is 0.102. The molecule has 6 heteroatoms. The molecular formula is C23H21FN2O2S. The zero-order valence-electron chi connectivity index (χ0n) is 16.0. The lowest BCUT2D eigenvalue weighted by atomic mass is 9.95. The van der Waals surface area contributed by atoms with Crippen LogP contribution in [0.3, 0.4) is 0 Å². The minimum Gasteiger partial charge on any atom is -0.322 e. The highest BCUT2D eigenvalue weighted by Crippen LogP contribution is 2.38. The molecule has 0 atom stereocenters. The maximum absolute atomic E-state index is 13.2. The van der Waals surface area contributed by atoms with Crippen LogP contribution in [0.5, 0.6) is 0 Å². The van der Waals surface area contributed by atoms with Crippen molar-refractivity contribution >= 4 is 33.8 Å². The largest absolute Gasteiger partial charge is 0.322 e. The first-order valence-electron chi connectivity index (χ1n) is 9.61. The van der Waals surface area contributed by atoms with Crippen LogP contribution in [0.25, 0.3) is 0 Å². The lowest BCUT2D eigenvalue weighted by Gasteiger charge is -2.13. The Kier molecular flexibility index (Phi) is 5.45. The topological polar surface area (TPSA) is 58.2 Å². The number of hydrogen-bond donors (Lipinski definition) is 2. The van der Waals surface area contributed by atoms with Crippen molar-refractivity contribution in [3.8, 4) is 0 Å². The minimum absolute atomic E-state index is 0.220. The van der Waals surface area contributed by atoms with Crippen LogP contribution >= 0.6 is 11.3 Å². The molecule has 2 N–H and O–H groups in total. The Morgan fingerprint density at radius 2 is 1.59 bits per heavy atom. The molecule has 0 unspecified atom stereocenters. The smallest absolute Gasteiger partial charge is 0.258 e. The third-order valence-corrected chi connectivity index (χ3v) is 6.25. The quantitative estimate of drug-likeness (QED) is 0.592. The summed E-state index contributed by atoms with van der Waals surface area (Å²) in [5.74, 6) is -0.970. The molecule has 2 amide bonds. The first-order chi connectivity index (χ1) is 14.0. The Morgan fingerprint density at radius 3 is 2.31 bits per heavy atom. The van der Waals surface area contributed by atoms with Crippen molar-refractivity contribution in [1.29, 1.82) is 0 Å². The maximum atomic E-state index is 13.2. The number of anilines is 2. The van der Waals surface area contributed by atoms with Crippen molar-refractivity contribution in [3.05, 3.63) is 81.5 Å². The molecule has 1 heterocycles. The van der Waals surface area contributed by atoms with E-state index in [2.05, 4.69) is 10.6 Å². The number of aryl methyl sites for hydroxylation is 2. The number of halogens is 1. The van der Waals surface area contributed by atoms with Crippen LogP contribution in [0.1, 0.15) is 49.6 Å². The number of fused-ring (bicyclic) bond motifs is 1. The van der Waals surface area contributed by atoms with Gasteiger partial charge in [-0.25, -0.2) is 4.39 Å². The Balaban J connectivity index is 1.64. The average molecular weight is 408 g/mol. The van der Waals surface area contributed by atoms with Gasteiger partial charge in [0.2, 0.25) is 0 Å². The van der Waals surface area contributed by atoms with Gasteiger partial charge in [0, 0.05) is 16.1 Å². The molecule has 0 saturated heterocycles. The summed E-state index contributed by atoms with van der Waals surface area (Å²) >= 11 is 1.46. The first kappa shape index (κ1) is 19.3.